The predicted octanol–water partition coefficient (Wildman–Crippen LogP) is 3.23. The highest BCUT2D eigenvalue weighted by Gasteiger charge is 2.22. The van der Waals surface area contributed by atoms with E-state index in [-0.39, 0.29) is 5.78 Å². The molecule has 1 aromatic carbocycles. The van der Waals surface area contributed by atoms with Crippen molar-refractivity contribution >= 4 is 17.5 Å². The Labute approximate surface area is 120 Å². The average Bonchev–Trinajstić information content (AvgIpc) is 2.36. The molecule has 104 valence electrons. The molecule has 0 bridgehead atoms. The second-order valence-corrected chi connectivity index (χ2v) is 6.72. The van der Waals surface area contributed by atoms with Crippen LogP contribution in [0.15, 0.2) is 12.1 Å². The van der Waals surface area contributed by atoms with Crippen LogP contribution in [0.4, 0.5) is 0 Å². The number of carbonyl (C=O) groups is 1. The van der Waals surface area contributed by atoms with Crippen molar-refractivity contribution in [2.75, 3.05) is 24.6 Å². The zero-order chi connectivity index (χ0) is 14.0. The van der Waals surface area contributed by atoms with Gasteiger partial charge in [-0.1, -0.05) is 6.07 Å². The van der Waals surface area contributed by atoms with Crippen molar-refractivity contribution < 1.29 is 4.79 Å². The Morgan fingerprint density at radius 1 is 1.26 bits per heavy atom. The van der Waals surface area contributed by atoms with E-state index in [0.29, 0.717) is 12.6 Å². The first-order valence-corrected chi connectivity index (χ1v) is 8.07. The fourth-order valence-electron chi connectivity index (χ4n) is 2.53. The zero-order valence-corrected chi connectivity index (χ0v) is 13.1. The van der Waals surface area contributed by atoms with Gasteiger partial charge in [-0.15, -0.1) is 0 Å². The first-order valence-electron chi connectivity index (χ1n) is 6.92. The molecule has 0 amide bonds. The molecule has 2 rings (SSSR count). The van der Waals surface area contributed by atoms with Crippen molar-refractivity contribution in [3.63, 3.8) is 0 Å². The number of ketones is 1. The molecule has 1 aliphatic rings. The lowest BCUT2D eigenvalue weighted by molar-refractivity contribution is 0.0910. The summed E-state index contributed by atoms with van der Waals surface area (Å²) in [4.78, 5) is 14.8. The SMILES string of the molecule is Cc1cc(C)c(C(=O)CN2CCSCC2C)cc1C. The molecule has 0 radical (unpaired) electrons. The van der Waals surface area contributed by atoms with Gasteiger partial charge in [0.15, 0.2) is 5.78 Å². The van der Waals surface area contributed by atoms with Crippen LogP contribution in [0, 0.1) is 20.8 Å². The summed E-state index contributed by atoms with van der Waals surface area (Å²) in [6.45, 7) is 10.0. The number of carbonyl (C=O) groups excluding carboxylic acids is 1. The number of nitrogens with zero attached hydrogens (tertiary/aromatic N) is 1. The van der Waals surface area contributed by atoms with Crippen molar-refractivity contribution in [2.45, 2.75) is 33.7 Å². The molecule has 0 aliphatic carbocycles. The van der Waals surface area contributed by atoms with Crippen molar-refractivity contribution in [1.29, 1.82) is 0 Å². The molecule has 1 fully saturated rings. The van der Waals surface area contributed by atoms with E-state index in [2.05, 4.69) is 37.8 Å². The van der Waals surface area contributed by atoms with E-state index in [0.717, 1.165) is 29.2 Å². The van der Waals surface area contributed by atoms with E-state index in [1.165, 1.54) is 11.1 Å². The number of Topliss-reactive ketones (excluding diaryl/α,β-unsaturated/α-hetero) is 1. The highest BCUT2D eigenvalue weighted by molar-refractivity contribution is 7.99. The van der Waals surface area contributed by atoms with Gasteiger partial charge in [-0.25, -0.2) is 0 Å². The molecule has 1 heterocycles. The van der Waals surface area contributed by atoms with Gasteiger partial charge in [0.25, 0.3) is 0 Å². The second-order valence-electron chi connectivity index (χ2n) is 5.57. The van der Waals surface area contributed by atoms with Crippen molar-refractivity contribution in [3.8, 4) is 0 Å². The minimum atomic E-state index is 0.263. The van der Waals surface area contributed by atoms with E-state index < -0.39 is 0 Å². The Morgan fingerprint density at radius 3 is 2.63 bits per heavy atom. The third-order valence-corrected chi connectivity index (χ3v) is 5.18. The highest BCUT2D eigenvalue weighted by atomic mass is 32.2. The Morgan fingerprint density at radius 2 is 1.95 bits per heavy atom. The van der Waals surface area contributed by atoms with Crippen LogP contribution in [0.3, 0.4) is 0 Å². The number of hydrogen-bond donors (Lipinski definition) is 0. The van der Waals surface area contributed by atoms with Gasteiger partial charge >= 0.3 is 0 Å². The summed E-state index contributed by atoms with van der Waals surface area (Å²) in [6.07, 6.45) is 0. The monoisotopic (exact) mass is 277 g/mol. The topological polar surface area (TPSA) is 20.3 Å². The van der Waals surface area contributed by atoms with Crippen LogP contribution in [0.2, 0.25) is 0 Å². The number of benzene rings is 1. The highest BCUT2D eigenvalue weighted by Crippen LogP contribution is 2.19. The summed E-state index contributed by atoms with van der Waals surface area (Å²) in [5, 5.41) is 0. The molecule has 3 heteroatoms. The van der Waals surface area contributed by atoms with E-state index in [9.17, 15) is 4.79 Å². The lowest BCUT2D eigenvalue weighted by atomic mass is 9.97. The molecule has 1 atom stereocenters. The van der Waals surface area contributed by atoms with Gasteiger partial charge in [0.1, 0.15) is 0 Å². The Bertz CT molecular complexity index is 484. The molecular formula is C16H23NOS. The average molecular weight is 277 g/mol. The summed E-state index contributed by atoms with van der Waals surface area (Å²) < 4.78 is 0. The largest absolute Gasteiger partial charge is 0.293 e. The molecule has 2 nitrogen and oxygen atoms in total. The fourth-order valence-corrected chi connectivity index (χ4v) is 3.61. The smallest absolute Gasteiger partial charge is 0.177 e. The Kier molecular flexibility index (Phi) is 4.69. The summed E-state index contributed by atoms with van der Waals surface area (Å²) in [5.74, 6) is 2.54. The fraction of sp³-hybridized carbons (Fsp3) is 0.562. The predicted molar refractivity (Wildman–Crippen MR) is 83.3 cm³/mol. The number of aryl methyl sites for hydroxylation is 3. The van der Waals surface area contributed by atoms with Crippen molar-refractivity contribution in [3.05, 3.63) is 34.4 Å². The van der Waals surface area contributed by atoms with Gasteiger partial charge < -0.3 is 0 Å². The van der Waals surface area contributed by atoms with Gasteiger partial charge in [0.05, 0.1) is 6.54 Å². The number of thioether (sulfide) groups is 1. The van der Waals surface area contributed by atoms with Crippen LogP contribution in [0.1, 0.15) is 34.0 Å². The second kappa shape index (κ2) is 6.10. The molecule has 1 unspecified atom stereocenters. The first kappa shape index (κ1) is 14.6. The molecule has 0 saturated carbocycles. The van der Waals surface area contributed by atoms with Crippen molar-refractivity contribution in [1.82, 2.24) is 4.90 Å². The summed E-state index contributed by atoms with van der Waals surface area (Å²) >= 11 is 1.98. The van der Waals surface area contributed by atoms with Crippen LogP contribution in [-0.2, 0) is 0 Å². The minimum Gasteiger partial charge on any atom is -0.293 e. The molecule has 1 aliphatic heterocycles. The third-order valence-electron chi connectivity index (χ3n) is 3.99. The third kappa shape index (κ3) is 3.40. The molecule has 0 spiro atoms. The van der Waals surface area contributed by atoms with E-state index >= 15 is 0 Å². The maximum absolute atomic E-state index is 12.5. The van der Waals surface area contributed by atoms with Crippen LogP contribution < -0.4 is 0 Å². The van der Waals surface area contributed by atoms with Crippen LogP contribution in [0.25, 0.3) is 0 Å². The van der Waals surface area contributed by atoms with E-state index in [4.69, 9.17) is 0 Å². The van der Waals surface area contributed by atoms with E-state index in [1.807, 2.05) is 18.7 Å². The van der Waals surface area contributed by atoms with Crippen LogP contribution in [0.5, 0.6) is 0 Å². The zero-order valence-electron chi connectivity index (χ0n) is 12.3. The molecule has 0 N–H and O–H groups in total. The number of hydrogen-bond acceptors (Lipinski definition) is 3. The van der Waals surface area contributed by atoms with Gasteiger partial charge in [-0.05, 0) is 50.5 Å². The Balaban J connectivity index is 2.13. The van der Waals surface area contributed by atoms with E-state index in [1.54, 1.807) is 0 Å². The lowest BCUT2D eigenvalue weighted by Gasteiger charge is -2.32. The molecule has 19 heavy (non-hydrogen) atoms. The van der Waals surface area contributed by atoms with Crippen LogP contribution in [-0.4, -0.2) is 41.3 Å². The molecule has 0 aromatic heterocycles. The van der Waals surface area contributed by atoms with Gasteiger partial charge in [-0.3, -0.25) is 9.69 Å². The standard InChI is InChI=1S/C16H23NOS/c1-11-7-13(3)15(8-12(11)2)16(18)9-17-5-6-19-10-14(17)4/h7-8,14H,5-6,9-10H2,1-4H3. The first-order chi connectivity index (χ1) is 8.99. The Hall–Kier alpha value is -0.800. The summed E-state index contributed by atoms with van der Waals surface area (Å²) in [6, 6.07) is 4.68. The lowest BCUT2D eigenvalue weighted by Crippen LogP contribution is -2.43. The molecule has 1 saturated heterocycles. The summed E-state index contributed by atoms with van der Waals surface area (Å²) in [7, 11) is 0. The normalized spacial score (nSPS) is 20.5. The van der Waals surface area contributed by atoms with Crippen LogP contribution >= 0.6 is 11.8 Å². The maximum Gasteiger partial charge on any atom is 0.177 e. The van der Waals surface area contributed by atoms with Gasteiger partial charge in [0.2, 0.25) is 0 Å². The van der Waals surface area contributed by atoms with Gasteiger partial charge in [0, 0.05) is 29.7 Å². The van der Waals surface area contributed by atoms with Gasteiger partial charge in [-0.2, -0.15) is 11.8 Å². The molecular weight excluding hydrogens is 254 g/mol. The quantitative estimate of drug-likeness (QED) is 0.791. The maximum atomic E-state index is 12.5. The minimum absolute atomic E-state index is 0.263. The van der Waals surface area contributed by atoms with Crippen molar-refractivity contribution in [2.24, 2.45) is 0 Å². The summed E-state index contributed by atoms with van der Waals surface area (Å²) in [5.41, 5.74) is 4.47. The molecule has 1 aromatic rings. The number of rotatable bonds is 3.